The number of rotatable bonds is 3. The van der Waals surface area contributed by atoms with Crippen molar-refractivity contribution in [1.82, 2.24) is 5.32 Å². The molecule has 0 radical (unpaired) electrons. The Labute approximate surface area is 100 Å². The molecule has 2 rings (SSSR count). The smallest absolute Gasteiger partial charge is 0.142 e. The lowest BCUT2D eigenvalue weighted by Crippen LogP contribution is -2.18. The molecule has 0 aliphatic heterocycles. The fourth-order valence-electron chi connectivity index (χ4n) is 2.22. The molecule has 1 aliphatic carbocycles. The van der Waals surface area contributed by atoms with Gasteiger partial charge in [-0.15, -0.1) is 0 Å². The van der Waals surface area contributed by atoms with Crippen molar-refractivity contribution < 1.29 is 4.39 Å². The van der Waals surface area contributed by atoms with Gasteiger partial charge in [-0.2, -0.15) is 0 Å². The fraction of sp³-hybridized carbons (Fsp3) is 0.385. The maximum absolute atomic E-state index is 13.4. The summed E-state index contributed by atoms with van der Waals surface area (Å²) >= 11 is 5.68. The molecule has 3 heteroatoms. The van der Waals surface area contributed by atoms with Gasteiger partial charge in [0.05, 0.1) is 11.1 Å². The van der Waals surface area contributed by atoms with E-state index in [4.69, 9.17) is 11.6 Å². The van der Waals surface area contributed by atoms with Crippen LogP contribution in [-0.4, -0.2) is 7.05 Å². The number of benzene rings is 1. The van der Waals surface area contributed by atoms with E-state index in [1.54, 1.807) is 6.07 Å². The van der Waals surface area contributed by atoms with Crippen molar-refractivity contribution in [3.05, 3.63) is 46.3 Å². The molecule has 1 aromatic carbocycles. The number of allylic oxidation sites excluding steroid dienone is 1. The molecule has 0 saturated heterocycles. The summed E-state index contributed by atoms with van der Waals surface area (Å²) in [6.07, 6.45) is 5.66. The van der Waals surface area contributed by atoms with Crippen LogP contribution in [0.3, 0.4) is 0 Å². The van der Waals surface area contributed by atoms with Crippen LogP contribution in [0.1, 0.15) is 30.9 Å². The van der Waals surface area contributed by atoms with E-state index in [9.17, 15) is 4.39 Å². The van der Waals surface area contributed by atoms with E-state index >= 15 is 0 Å². The lowest BCUT2D eigenvalue weighted by atomic mass is 9.98. The molecule has 1 atom stereocenters. The van der Waals surface area contributed by atoms with Gasteiger partial charge in [0.15, 0.2) is 0 Å². The summed E-state index contributed by atoms with van der Waals surface area (Å²) < 4.78 is 13.4. The Balaban J connectivity index is 2.29. The summed E-state index contributed by atoms with van der Waals surface area (Å²) in [5, 5.41) is 3.41. The summed E-state index contributed by atoms with van der Waals surface area (Å²) in [7, 11) is 1.90. The van der Waals surface area contributed by atoms with Gasteiger partial charge in [-0.1, -0.05) is 29.3 Å². The van der Waals surface area contributed by atoms with Crippen LogP contribution >= 0.6 is 11.6 Å². The van der Waals surface area contributed by atoms with Gasteiger partial charge in [-0.25, -0.2) is 4.39 Å². The van der Waals surface area contributed by atoms with Crippen molar-refractivity contribution in [1.29, 1.82) is 0 Å². The van der Waals surface area contributed by atoms with Crippen LogP contribution in [0.4, 0.5) is 4.39 Å². The van der Waals surface area contributed by atoms with Crippen molar-refractivity contribution in [2.45, 2.75) is 25.3 Å². The van der Waals surface area contributed by atoms with Gasteiger partial charge < -0.3 is 5.32 Å². The summed E-state index contributed by atoms with van der Waals surface area (Å²) in [5.41, 5.74) is 2.29. The molecule has 0 heterocycles. The zero-order chi connectivity index (χ0) is 11.5. The minimum Gasteiger partial charge on any atom is -0.310 e. The second-order valence-electron chi connectivity index (χ2n) is 4.07. The summed E-state index contributed by atoms with van der Waals surface area (Å²) in [4.78, 5) is 0. The van der Waals surface area contributed by atoms with Gasteiger partial charge in [0, 0.05) is 0 Å². The first-order valence-corrected chi connectivity index (χ1v) is 5.91. The molecule has 1 N–H and O–H groups in total. The molecular formula is C13H15ClFN. The lowest BCUT2D eigenvalue weighted by molar-refractivity contribution is 0.611. The van der Waals surface area contributed by atoms with Crippen molar-refractivity contribution in [2.24, 2.45) is 0 Å². The Hall–Kier alpha value is -0.860. The van der Waals surface area contributed by atoms with E-state index in [-0.39, 0.29) is 16.9 Å². The maximum Gasteiger partial charge on any atom is 0.142 e. The molecule has 0 saturated carbocycles. The van der Waals surface area contributed by atoms with Crippen LogP contribution in [0.15, 0.2) is 29.8 Å². The van der Waals surface area contributed by atoms with Gasteiger partial charge >= 0.3 is 0 Å². The number of halogens is 2. The molecule has 86 valence electrons. The number of likely N-dealkylation sites (N-methyl/N-ethyl adjacent to an activating group) is 1. The Morgan fingerprint density at radius 2 is 2.25 bits per heavy atom. The van der Waals surface area contributed by atoms with Crippen molar-refractivity contribution in [2.75, 3.05) is 7.05 Å². The van der Waals surface area contributed by atoms with Crippen LogP contribution in [0, 0.1) is 5.82 Å². The molecule has 16 heavy (non-hydrogen) atoms. The quantitative estimate of drug-likeness (QED) is 0.790. The summed E-state index contributed by atoms with van der Waals surface area (Å²) in [5.74, 6) is -0.349. The Bertz CT molecular complexity index is 414. The standard InChI is InChI=1S/C13H15ClFN/c1-16-13(9-4-2-3-5-9)10-6-7-11(14)12(15)8-10/h4,6-8,13,16H,2-3,5H2,1H3. The van der Waals surface area contributed by atoms with Crippen LogP contribution in [-0.2, 0) is 0 Å². The van der Waals surface area contributed by atoms with Crippen molar-refractivity contribution >= 4 is 11.6 Å². The highest BCUT2D eigenvalue weighted by Crippen LogP contribution is 2.31. The first-order chi connectivity index (χ1) is 7.72. The molecule has 0 amide bonds. The van der Waals surface area contributed by atoms with Gasteiger partial charge in [-0.05, 0) is 44.0 Å². The molecule has 0 bridgehead atoms. The number of hydrogen-bond donors (Lipinski definition) is 1. The predicted molar refractivity (Wildman–Crippen MR) is 65.1 cm³/mol. The molecule has 0 spiro atoms. The molecule has 1 aliphatic rings. The van der Waals surface area contributed by atoms with E-state index in [1.807, 2.05) is 13.1 Å². The molecule has 0 aromatic heterocycles. The minimum atomic E-state index is -0.349. The fourth-order valence-corrected chi connectivity index (χ4v) is 2.33. The van der Waals surface area contributed by atoms with Crippen molar-refractivity contribution in [3.8, 4) is 0 Å². The third-order valence-electron chi connectivity index (χ3n) is 3.01. The van der Waals surface area contributed by atoms with Crippen LogP contribution in [0.5, 0.6) is 0 Å². The highest BCUT2D eigenvalue weighted by atomic mass is 35.5. The Kier molecular flexibility index (Phi) is 3.62. The molecule has 0 fully saturated rings. The molecule has 1 aromatic rings. The molecule has 1 nitrogen and oxygen atoms in total. The summed E-state index contributed by atoms with van der Waals surface area (Å²) in [6.45, 7) is 0. The second kappa shape index (κ2) is 4.98. The Morgan fingerprint density at radius 3 is 2.81 bits per heavy atom. The largest absolute Gasteiger partial charge is 0.310 e. The van der Waals surface area contributed by atoms with E-state index in [0.29, 0.717) is 0 Å². The first kappa shape index (κ1) is 11.6. The lowest BCUT2D eigenvalue weighted by Gasteiger charge is -2.18. The maximum atomic E-state index is 13.4. The zero-order valence-electron chi connectivity index (χ0n) is 9.26. The minimum absolute atomic E-state index is 0.120. The Morgan fingerprint density at radius 1 is 1.44 bits per heavy atom. The highest BCUT2D eigenvalue weighted by Gasteiger charge is 2.18. The van der Waals surface area contributed by atoms with Crippen molar-refractivity contribution in [3.63, 3.8) is 0 Å². The van der Waals surface area contributed by atoms with E-state index in [1.165, 1.54) is 18.1 Å². The average Bonchev–Trinajstić information content (AvgIpc) is 2.78. The monoisotopic (exact) mass is 239 g/mol. The summed E-state index contributed by atoms with van der Waals surface area (Å²) in [6, 6.07) is 5.13. The van der Waals surface area contributed by atoms with Crippen LogP contribution < -0.4 is 5.32 Å². The third-order valence-corrected chi connectivity index (χ3v) is 3.32. The first-order valence-electron chi connectivity index (χ1n) is 5.53. The SMILES string of the molecule is CNC(C1=CCCC1)c1ccc(Cl)c(F)c1. The topological polar surface area (TPSA) is 12.0 Å². The molecular weight excluding hydrogens is 225 g/mol. The number of hydrogen-bond acceptors (Lipinski definition) is 1. The zero-order valence-corrected chi connectivity index (χ0v) is 10.0. The normalized spacial score (nSPS) is 17.3. The molecule has 1 unspecified atom stereocenters. The third kappa shape index (κ3) is 2.28. The van der Waals surface area contributed by atoms with E-state index < -0.39 is 0 Å². The van der Waals surface area contributed by atoms with Crippen LogP contribution in [0.2, 0.25) is 5.02 Å². The van der Waals surface area contributed by atoms with Gasteiger partial charge in [0.1, 0.15) is 5.82 Å². The van der Waals surface area contributed by atoms with E-state index in [0.717, 1.165) is 18.4 Å². The second-order valence-corrected chi connectivity index (χ2v) is 4.47. The van der Waals surface area contributed by atoms with Gasteiger partial charge in [-0.3, -0.25) is 0 Å². The number of nitrogens with one attached hydrogen (secondary N) is 1. The van der Waals surface area contributed by atoms with Gasteiger partial charge in [0.2, 0.25) is 0 Å². The highest BCUT2D eigenvalue weighted by molar-refractivity contribution is 6.30. The predicted octanol–water partition coefficient (Wildman–Crippen LogP) is 3.85. The average molecular weight is 240 g/mol. The van der Waals surface area contributed by atoms with Gasteiger partial charge in [0.25, 0.3) is 0 Å². The van der Waals surface area contributed by atoms with E-state index in [2.05, 4.69) is 11.4 Å². The van der Waals surface area contributed by atoms with Crippen LogP contribution in [0.25, 0.3) is 0 Å².